The zero-order valence-electron chi connectivity index (χ0n) is 12.0. The summed E-state index contributed by atoms with van der Waals surface area (Å²) in [6.45, 7) is 2.85. The van der Waals surface area contributed by atoms with Gasteiger partial charge in [0.2, 0.25) is 11.9 Å². The SMILES string of the molecule is Cc1nc(N)nc(NCC2C3CC4CC(C3)CC2C4)n1. The summed E-state index contributed by atoms with van der Waals surface area (Å²) in [6.07, 6.45) is 7.33. The molecule has 0 aliphatic heterocycles. The van der Waals surface area contributed by atoms with Crippen LogP contribution in [-0.2, 0) is 0 Å². The smallest absolute Gasteiger partial charge is 0.227 e. The Balaban J connectivity index is 1.44. The van der Waals surface area contributed by atoms with Gasteiger partial charge in [0.15, 0.2) is 0 Å². The topological polar surface area (TPSA) is 76.7 Å². The fraction of sp³-hybridized carbons (Fsp3) is 0.800. The van der Waals surface area contributed by atoms with E-state index in [9.17, 15) is 0 Å². The first-order valence-corrected chi connectivity index (χ1v) is 7.89. The van der Waals surface area contributed by atoms with Crippen LogP contribution in [0.4, 0.5) is 11.9 Å². The van der Waals surface area contributed by atoms with Crippen molar-refractivity contribution >= 4 is 11.9 Å². The van der Waals surface area contributed by atoms with Gasteiger partial charge < -0.3 is 11.1 Å². The van der Waals surface area contributed by atoms with Gasteiger partial charge in [-0.1, -0.05) is 0 Å². The second-order valence-electron chi connectivity index (χ2n) is 7.04. The number of aromatic nitrogens is 3. The van der Waals surface area contributed by atoms with Crippen molar-refractivity contribution in [3.05, 3.63) is 5.82 Å². The van der Waals surface area contributed by atoms with E-state index in [1.165, 1.54) is 32.1 Å². The van der Waals surface area contributed by atoms with Crippen molar-refractivity contribution in [1.29, 1.82) is 0 Å². The van der Waals surface area contributed by atoms with E-state index >= 15 is 0 Å². The second kappa shape index (κ2) is 4.57. The third-order valence-corrected chi connectivity index (χ3v) is 5.68. The van der Waals surface area contributed by atoms with Crippen LogP contribution >= 0.6 is 0 Å². The molecule has 0 spiro atoms. The highest BCUT2D eigenvalue weighted by Crippen LogP contribution is 2.56. The molecule has 108 valence electrons. The first-order valence-electron chi connectivity index (χ1n) is 7.89. The van der Waals surface area contributed by atoms with Gasteiger partial charge in [-0.15, -0.1) is 0 Å². The van der Waals surface area contributed by atoms with Crippen LogP contribution in [0.2, 0.25) is 0 Å². The Morgan fingerprint density at radius 1 is 1.00 bits per heavy atom. The minimum atomic E-state index is 0.310. The molecule has 0 saturated heterocycles. The van der Waals surface area contributed by atoms with Gasteiger partial charge in [-0.2, -0.15) is 15.0 Å². The summed E-state index contributed by atoms with van der Waals surface area (Å²) in [5.74, 6) is 6.37. The molecule has 4 aliphatic carbocycles. The lowest BCUT2D eigenvalue weighted by molar-refractivity contribution is -0.0306. The largest absolute Gasteiger partial charge is 0.368 e. The molecular weight excluding hydrogens is 250 g/mol. The molecule has 3 N–H and O–H groups in total. The number of rotatable bonds is 3. The maximum atomic E-state index is 5.68. The molecule has 1 aromatic heterocycles. The van der Waals surface area contributed by atoms with Gasteiger partial charge in [0.05, 0.1) is 0 Å². The van der Waals surface area contributed by atoms with E-state index < -0.39 is 0 Å². The van der Waals surface area contributed by atoms with Crippen molar-refractivity contribution in [3.8, 4) is 0 Å². The number of nitrogens with zero attached hydrogens (tertiary/aromatic N) is 3. The number of anilines is 2. The number of nitrogens with two attached hydrogens (primary N) is 1. The van der Waals surface area contributed by atoms with E-state index in [4.69, 9.17) is 5.73 Å². The zero-order chi connectivity index (χ0) is 13.7. The third-order valence-electron chi connectivity index (χ3n) is 5.68. The van der Waals surface area contributed by atoms with Crippen LogP contribution in [0.15, 0.2) is 0 Å². The van der Waals surface area contributed by atoms with Crippen LogP contribution in [0.1, 0.15) is 37.9 Å². The maximum absolute atomic E-state index is 5.68. The lowest BCUT2D eigenvalue weighted by Gasteiger charge is -2.54. The van der Waals surface area contributed by atoms with Gasteiger partial charge in [0.1, 0.15) is 5.82 Å². The van der Waals surface area contributed by atoms with Gasteiger partial charge in [-0.3, -0.25) is 0 Å². The summed E-state index contributed by atoms with van der Waals surface area (Å²) in [5.41, 5.74) is 5.68. The highest BCUT2D eigenvalue weighted by molar-refractivity contribution is 5.31. The number of aryl methyl sites for hydroxylation is 1. The first-order chi connectivity index (χ1) is 9.67. The quantitative estimate of drug-likeness (QED) is 0.883. The summed E-state index contributed by atoms with van der Waals surface area (Å²) in [5, 5.41) is 3.41. The van der Waals surface area contributed by atoms with Crippen molar-refractivity contribution in [2.75, 3.05) is 17.6 Å². The average molecular weight is 273 g/mol. The number of nitrogens with one attached hydrogen (secondary N) is 1. The standard InChI is InChI=1S/C15H23N5/c1-8-18-14(16)20-15(19-8)17-7-13-11-3-9-2-10(5-11)6-12(13)4-9/h9-13H,2-7H2,1H3,(H3,16,17,18,19,20). The van der Waals surface area contributed by atoms with Gasteiger partial charge in [0, 0.05) is 6.54 Å². The fourth-order valence-electron chi connectivity index (χ4n) is 5.16. The first kappa shape index (κ1) is 12.4. The molecule has 5 rings (SSSR count). The molecule has 0 atom stereocenters. The molecule has 20 heavy (non-hydrogen) atoms. The Kier molecular flexibility index (Phi) is 2.82. The number of hydrogen-bond acceptors (Lipinski definition) is 5. The van der Waals surface area contributed by atoms with E-state index in [1.807, 2.05) is 6.92 Å². The Morgan fingerprint density at radius 3 is 2.25 bits per heavy atom. The van der Waals surface area contributed by atoms with E-state index in [2.05, 4.69) is 20.3 Å². The van der Waals surface area contributed by atoms with E-state index in [0.29, 0.717) is 17.7 Å². The van der Waals surface area contributed by atoms with Gasteiger partial charge in [-0.25, -0.2) is 0 Å². The van der Waals surface area contributed by atoms with Gasteiger partial charge in [-0.05, 0) is 68.6 Å². The predicted molar refractivity (Wildman–Crippen MR) is 78.0 cm³/mol. The van der Waals surface area contributed by atoms with Crippen molar-refractivity contribution in [2.24, 2.45) is 29.6 Å². The van der Waals surface area contributed by atoms with Crippen LogP contribution < -0.4 is 11.1 Å². The predicted octanol–water partition coefficient (Wildman–Crippen LogP) is 2.25. The van der Waals surface area contributed by atoms with Gasteiger partial charge in [0.25, 0.3) is 0 Å². The van der Waals surface area contributed by atoms with Crippen LogP contribution in [0.3, 0.4) is 0 Å². The molecule has 4 fully saturated rings. The average Bonchev–Trinajstić information content (AvgIpc) is 2.35. The Hall–Kier alpha value is -1.39. The van der Waals surface area contributed by atoms with E-state index in [1.54, 1.807) is 0 Å². The number of hydrogen-bond donors (Lipinski definition) is 2. The fourth-order valence-corrected chi connectivity index (χ4v) is 5.16. The second-order valence-corrected chi connectivity index (χ2v) is 7.04. The summed E-state index contributed by atoms with van der Waals surface area (Å²) in [4.78, 5) is 12.5. The lowest BCUT2D eigenvalue weighted by Crippen LogP contribution is -2.47. The lowest BCUT2D eigenvalue weighted by atomic mass is 9.52. The van der Waals surface area contributed by atoms with Crippen LogP contribution in [0.25, 0.3) is 0 Å². The zero-order valence-corrected chi connectivity index (χ0v) is 12.0. The molecule has 4 saturated carbocycles. The van der Waals surface area contributed by atoms with Crippen LogP contribution in [-0.4, -0.2) is 21.5 Å². The van der Waals surface area contributed by atoms with E-state index in [-0.39, 0.29) is 0 Å². The van der Waals surface area contributed by atoms with Crippen LogP contribution in [0.5, 0.6) is 0 Å². The Bertz CT molecular complexity index is 467. The van der Waals surface area contributed by atoms with Crippen LogP contribution in [0, 0.1) is 36.5 Å². The molecule has 0 radical (unpaired) electrons. The van der Waals surface area contributed by atoms with Crippen molar-refractivity contribution in [3.63, 3.8) is 0 Å². The molecule has 0 unspecified atom stereocenters. The highest BCUT2D eigenvalue weighted by Gasteiger charge is 2.47. The minimum Gasteiger partial charge on any atom is -0.368 e. The molecule has 0 amide bonds. The maximum Gasteiger partial charge on any atom is 0.227 e. The molecule has 1 heterocycles. The summed E-state index contributed by atoms with van der Waals surface area (Å²) in [7, 11) is 0. The summed E-state index contributed by atoms with van der Waals surface area (Å²) >= 11 is 0. The van der Waals surface area contributed by atoms with Crippen molar-refractivity contribution in [1.82, 2.24) is 15.0 Å². The number of nitrogen functional groups attached to an aromatic ring is 1. The van der Waals surface area contributed by atoms with Crippen molar-refractivity contribution < 1.29 is 0 Å². The van der Waals surface area contributed by atoms with E-state index in [0.717, 1.165) is 36.1 Å². The minimum absolute atomic E-state index is 0.310. The summed E-state index contributed by atoms with van der Waals surface area (Å²) < 4.78 is 0. The Morgan fingerprint density at radius 2 is 1.65 bits per heavy atom. The normalized spacial score (nSPS) is 38.1. The molecule has 5 heteroatoms. The molecular formula is C15H23N5. The van der Waals surface area contributed by atoms with Gasteiger partial charge >= 0.3 is 0 Å². The third kappa shape index (κ3) is 2.13. The summed E-state index contributed by atoms with van der Waals surface area (Å²) in [6, 6.07) is 0. The molecule has 4 aliphatic rings. The molecule has 0 aromatic carbocycles. The highest BCUT2D eigenvalue weighted by atomic mass is 15.2. The molecule has 4 bridgehead atoms. The monoisotopic (exact) mass is 273 g/mol. The molecule has 5 nitrogen and oxygen atoms in total. The van der Waals surface area contributed by atoms with Crippen molar-refractivity contribution in [2.45, 2.75) is 39.0 Å². The molecule has 1 aromatic rings. The Labute approximate surface area is 119 Å².